The molecule has 0 saturated carbocycles. The molecule has 150 valence electrons. The summed E-state index contributed by atoms with van der Waals surface area (Å²) in [6.07, 6.45) is -1.21. The fraction of sp³-hybridized carbons (Fsp3) is 0.588. The zero-order chi connectivity index (χ0) is 19.8. The molecule has 0 aromatic heterocycles. The Labute approximate surface area is 154 Å². The van der Waals surface area contributed by atoms with Gasteiger partial charge >= 0.3 is 12.0 Å². The lowest BCUT2D eigenvalue weighted by molar-refractivity contribution is -0.324. The summed E-state index contributed by atoms with van der Waals surface area (Å²) in [5.41, 5.74) is 5.78. The van der Waals surface area contributed by atoms with Crippen molar-refractivity contribution in [3.05, 3.63) is 24.0 Å². The Balaban J connectivity index is 1.80. The highest BCUT2D eigenvalue weighted by molar-refractivity contribution is 5.90. The predicted molar refractivity (Wildman–Crippen MR) is 91.6 cm³/mol. The standard InChI is InChI=1S/C17H22F3N3O4/c1-25-17(26-2)5-6-22(10-16(17,19)20)14-4-3-11(7-13(14)18)23-9-12(8-21)27-15(23)24/h3-4,7,12H,5-6,8-10,21H2,1-2H3. The Bertz CT molecular complexity index is 715. The van der Waals surface area contributed by atoms with Crippen LogP contribution in [-0.2, 0) is 14.2 Å². The number of cyclic esters (lactones) is 1. The highest BCUT2D eigenvalue weighted by atomic mass is 19.3. The molecule has 1 aromatic carbocycles. The molecule has 2 aliphatic rings. The van der Waals surface area contributed by atoms with Crippen LogP contribution in [0.2, 0.25) is 0 Å². The second-order valence-electron chi connectivity index (χ2n) is 6.52. The Morgan fingerprint density at radius 3 is 2.56 bits per heavy atom. The van der Waals surface area contributed by atoms with E-state index in [1.165, 1.54) is 21.9 Å². The normalized spacial score (nSPS) is 24.2. The number of ether oxygens (including phenoxy) is 3. The van der Waals surface area contributed by atoms with Gasteiger partial charge in [0.25, 0.3) is 0 Å². The lowest BCUT2D eigenvalue weighted by Crippen LogP contribution is -2.62. The maximum atomic E-state index is 14.6. The minimum Gasteiger partial charge on any atom is -0.443 e. The monoisotopic (exact) mass is 389 g/mol. The molecule has 0 bridgehead atoms. The molecule has 1 atom stereocenters. The van der Waals surface area contributed by atoms with Crippen LogP contribution in [0.25, 0.3) is 0 Å². The van der Waals surface area contributed by atoms with Gasteiger partial charge in [0.1, 0.15) is 11.9 Å². The summed E-state index contributed by atoms with van der Waals surface area (Å²) in [5, 5.41) is 0. The second-order valence-corrected chi connectivity index (χ2v) is 6.52. The van der Waals surface area contributed by atoms with Crippen LogP contribution in [0, 0.1) is 5.82 Å². The van der Waals surface area contributed by atoms with Crippen molar-refractivity contribution in [1.29, 1.82) is 0 Å². The number of rotatable bonds is 5. The maximum Gasteiger partial charge on any atom is 0.414 e. The first-order valence-corrected chi connectivity index (χ1v) is 8.48. The van der Waals surface area contributed by atoms with E-state index in [1.54, 1.807) is 0 Å². The summed E-state index contributed by atoms with van der Waals surface area (Å²) in [4.78, 5) is 14.3. The first-order chi connectivity index (χ1) is 12.8. The summed E-state index contributed by atoms with van der Waals surface area (Å²) in [6, 6.07) is 3.99. The molecular weight excluding hydrogens is 367 g/mol. The van der Waals surface area contributed by atoms with Crippen molar-refractivity contribution in [3.63, 3.8) is 0 Å². The second kappa shape index (κ2) is 7.17. The summed E-state index contributed by atoms with van der Waals surface area (Å²) in [6.45, 7) is -0.271. The molecule has 2 N–H and O–H groups in total. The van der Waals surface area contributed by atoms with Crippen molar-refractivity contribution in [2.45, 2.75) is 24.2 Å². The van der Waals surface area contributed by atoms with Gasteiger partial charge in [-0.3, -0.25) is 4.90 Å². The summed E-state index contributed by atoms with van der Waals surface area (Å²) in [7, 11) is 2.32. The van der Waals surface area contributed by atoms with E-state index in [1.807, 2.05) is 0 Å². The van der Waals surface area contributed by atoms with Crippen molar-refractivity contribution in [2.75, 3.05) is 50.2 Å². The van der Waals surface area contributed by atoms with Crippen molar-refractivity contribution in [1.82, 2.24) is 0 Å². The van der Waals surface area contributed by atoms with Gasteiger partial charge in [-0.1, -0.05) is 0 Å². The van der Waals surface area contributed by atoms with Crippen molar-refractivity contribution >= 4 is 17.5 Å². The Morgan fingerprint density at radius 1 is 1.33 bits per heavy atom. The number of carbonyl (C=O) groups is 1. The van der Waals surface area contributed by atoms with Crippen LogP contribution < -0.4 is 15.5 Å². The van der Waals surface area contributed by atoms with Crippen molar-refractivity contribution < 1.29 is 32.2 Å². The molecule has 0 radical (unpaired) electrons. The van der Waals surface area contributed by atoms with E-state index in [0.717, 1.165) is 20.3 Å². The van der Waals surface area contributed by atoms with E-state index < -0.39 is 36.3 Å². The molecule has 2 heterocycles. The number of carbonyl (C=O) groups excluding carboxylic acids is 1. The van der Waals surface area contributed by atoms with Crippen molar-refractivity contribution in [2.24, 2.45) is 5.73 Å². The molecule has 2 saturated heterocycles. The van der Waals surface area contributed by atoms with Gasteiger partial charge in [0, 0.05) is 33.7 Å². The van der Waals surface area contributed by atoms with E-state index in [4.69, 9.17) is 19.9 Å². The quantitative estimate of drug-likeness (QED) is 0.776. The lowest BCUT2D eigenvalue weighted by atomic mass is 9.98. The van der Waals surface area contributed by atoms with Crippen LogP contribution in [0.1, 0.15) is 6.42 Å². The highest BCUT2D eigenvalue weighted by Gasteiger charge is 2.58. The third kappa shape index (κ3) is 3.32. The first kappa shape index (κ1) is 19.7. The van der Waals surface area contributed by atoms with Crippen LogP contribution in [0.4, 0.5) is 29.3 Å². The molecule has 1 unspecified atom stereocenters. The highest BCUT2D eigenvalue weighted by Crippen LogP contribution is 2.41. The first-order valence-electron chi connectivity index (χ1n) is 8.48. The number of piperidine rings is 1. The molecule has 1 amide bonds. The Morgan fingerprint density at radius 2 is 2.04 bits per heavy atom. The van der Waals surface area contributed by atoms with E-state index in [2.05, 4.69) is 0 Å². The number of hydrogen-bond donors (Lipinski definition) is 1. The summed E-state index contributed by atoms with van der Waals surface area (Å²) in [5.74, 6) is -6.08. The molecular formula is C17H22F3N3O4. The van der Waals surface area contributed by atoms with Gasteiger partial charge in [-0.15, -0.1) is 0 Å². The predicted octanol–water partition coefficient (Wildman–Crippen LogP) is 1.94. The van der Waals surface area contributed by atoms with Gasteiger partial charge in [-0.2, -0.15) is 8.78 Å². The molecule has 3 rings (SSSR count). The Hall–Kier alpha value is -2.04. The number of nitrogens with two attached hydrogens (primary N) is 1. The number of amides is 1. The molecule has 27 heavy (non-hydrogen) atoms. The van der Waals surface area contributed by atoms with E-state index in [-0.39, 0.29) is 37.4 Å². The van der Waals surface area contributed by atoms with Gasteiger partial charge in [-0.05, 0) is 18.2 Å². The lowest BCUT2D eigenvalue weighted by Gasteiger charge is -2.45. The molecule has 0 spiro atoms. The summed E-state index contributed by atoms with van der Waals surface area (Å²) >= 11 is 0. The van der Waals surface area contributed by atoms with Gasteiger partial charge in [0.2, 0.25) is 5.79 Å². The Kier molecular flexibility index (Phi) is 5.24. The van der Waals surface area contributed by atoms with Gasteiger partial charge in [0.05, 0.1) is 24.5 Å². The fourth-order valence-corrected chi connectivity index (χ4v) is 3.47. The molecule has 1 aromatic rings. The SMILES string of the molecule is COC1(OC)CCN(c2ccc(N3CC(CN)OC3=O)cc2F)CC1(F)F. The van der Waals surface area contributed by atoms with E-state index in [0.29, 0.717) is 0 Å². The average molecular weight is 389 g/mol. The van der Waals surface area contributed by atoms with Gasteiger partial charge in [-0.25, -0.2) is 9.18 Å². The van der Waals surface area contributed by atoms with Gasteiger partial charge < -0.3 is 24.8 Å². The topological polar surface area (TPSA) is 77.3 Å². The molecule has 2 fully saturated rings. The number of alkyl halides is 2. The smallest absolute Gasteiger partial charge is 0.414 e. The van der Waals surface area contributed by atoms with Crippen LogP contribution in [0.3, 0.4) is 0 Å². The molecule has 10 heteroatoms. The van der Waals surface area contributed by atoms with Crippen LogP contribution in [0.15, 0.2) is 18.2 Å². The molecule has 0 aliphatic carbocycles. The number of benzene rings is 1. The third-order valence-electron chi connectivity index (χ3n) is 5.04. The number of hydrogen-bond acceptors (Lipinski definition) is 6. The third-order valence-corrected chi connectivity index (χ3v) is 5.04. The zero-order valence-electron chi connectivity index (χ0n) is 15.1. The van der Waals surface area contributed by atoms with E-state index in [9.17, 15) is 18.0 Å². The minimum absolute atomic E-state index is 0.0159. The molecule has 7 nitrogen and oxygen atoms in total. The van der Waals surface area contributed by atoms with E-state index >= 15 is 0 Å². The largest absolute Gasteiger partial charge is 0.443 e. The van der Waals surface area contributed by atoms with Crippen LogP contribution >= 0.6 is 0 Å². The number of nitrogens with zero attached hydrogens (tertiary/aromatic N) is 2. The van der Waals surface area contributed by atoms with Gasteiger partial charge in [0.15, 0.2) is 0 Å². The number of methoxy groups -OCH3 is 2. The average Bonchev–Trinajstić information content (AvgIpc) is 3.02. The number of halogens is 3. The maximum absolute atomic E-state index is 14.6. The number of anilines is 2. The van der Waals surface area contributed by atoms with Crippen LogP contribution in [-0.4, -0.2) is 64.3 Å². The van der Waals surface area contributed by atoms with Crippen molar-refractivity contribution in [3.8, 4) is 0 Å². The fourth-order valence-electron chi connectivity index (χ4n) is 3.47. The van der Waals surface area contributed by atoms with Crippen LogP contribution in [0.5, 0.6) is 0 Å². The minimum atomic E-state index is -3.34. The molecule has 2 aliphatic heterocycles. The zero-order valence-corrected chi connectivity index (χ0v) is 15.1. The summed E-state index contributed by atoms with van der Waals surface area (Å²) < 4.78 is 58.6.